The molecule has 0 radical (unpaired) electrons. The van der Waals surface area contributed by atoms with E-state index in [1.54, 1.807) is 6.07 Å². The molecule has 1 N–H and O–H groups in total. The van der Waals surface area contributed by atoms with Gasteiger partial charge in [0, 0.05) is 55.9 Å². The van der Waals surface area contributed by atoms with Crippen LogP contribution in [0.1, 0.15) is 38.6 Å². The lowest BCUT2D eigenvalue weighted by Crippen LogP contribution is -2.49. The summed E-state index contributed by atoms with van der Waals surface area (Å²) in [7, 11) is 2.16. The molecule has 1 atom stereocenters. The normalized spacial score (nSPS) is 19.7. The van der Waals surface area contributed by atoms with Crippen molar-refractivity contribution in [1.29, 1.82) is 0 Å². The Bertz CT molecular complexity index is 1500. The van der Waals surface area contributed by atoms with E-state index < -0.39 is 11.6 Å². The predicted octanol–water partition coefficient (Wildman–Crippen LogP) is 4.73. The fraction of sp³-hybridized carbons (Fsp3) is 0.429. The molecule has 198 valence electrons. The predicted molar refractivity (Wildman–Crippen MR) is 143 cm³/mol. The second kappa shape index (κ2) is 9.36. The number of pyridine rings is 1. The Kier molecular flexibility index (Phi) is 6.11. The van der Waals surface area contributed by atoms with Gasteiger partial charge in [-0.15, -0.1) is 0 Å². The van der Waals surface area contributed by atoms with Crippen LogP contribution >= 0.6 is 0 Å². The van der Waals surface area contributed by atoms with Gasteiger partial charge in [0.15, 0.2) is 11.6 Å². The lowest BCUT2D eigenvalue weighted by atomic mass is 10.0. The van der Waals surface area contributed by atoms with Crippen LogP contribution in [-0.4, -0.2) is 67.0 Å². The van der Waals surface area contributed by atoms with Gasteiger partial charge in [-0.05, 0) is 58.0 Å². The molecule has 4 aromatic rings. The van der Waals surface area contributed by atoms with Gasteiger partial charge in [-0.25, -0.2) is 28.7 Å². The number of fused-ring (bicyclic) bond motifs is 3. The van der Waals surface area contributed by atoms with Gasteiger partial charge < -0.3 is 14.8 Å². The van der Waals surface area contributed by atoms with Crippen molar-refractivity contribution < 1.29 is 8.78 Å². The van der Waals surface area contributed by atoms with Crippen LogP contribution in [-0.2, 0) is 18.5 Å². The number of rotatable bonds is 5. The Balaban J connectivity index is 1.23. The molecule has 2 aliphatic heterocycles. The first-order valence-electron chi connectivity index (χ1n) is 13.1. The molecule has 5 heterocycles. The summed E-state index contributed by atoms with van der Waals surface area (Å²) in [6, 6.07) is 7.47. The molecule has 0 amide bonds. The van der Waals surface area contributed by atoms with Gasteiger partial charge >= 0.3 is 0 Å². The highest BCUT2D eigenvalue weighted by Gasteiger charge is 2.33. The lowest BCUT2D eigenvalue weighted by molar-refractivity contribution is 0.0999. The summed E-state index contributed by atoms with van der Waals surface area (Å²) < 4.78 is 32.0. The van der Waals surface area contributed by atoms with Crippen molar-refractivity contribution in [3.8, 4) is 11.3 Å². The van der Waals surface area contributed by atoms with E-state index in [4.69, 9.17) is 0 Å². The van der Waals surface area contributed by atoms with Crippen LogP contribution in [0.15, 0.2) is 36.7 Å². The van der Waals surface area contributed by atoms with Crippen molar-refractivity contribution in [2.75, 3.05) is 32.0 Å². The first kappa shape index (κ1) is 24.8. The SMILES string of the molecule is CC1CN(Cc2ccc(Nc3ncc(F)c(-c4cc(F)c5nc6n(c5c4)C(C)(C)CC6)n3)nc2)CCN1C. The van der Waals surface area contributed by atoms with Crippen molar-refractivity contribution in [2.24, 2.45) is 0 Å². The Labute approximate surface area is 220 Å². The fourth-order valence-electron chi connectivity index (χ4n) is 5.56. The van der Waals surface area contributed by atoms with Gasteiger partial charge in [0.2, 0.25) is 5.95 Å². The molecule has 6 rings (SSSR count). The molecule has 1 unspecified atom stereocenters. The molecular weight excluding hydrogens is 486 g/mol. The minimum Gasteiger partial charge on any atom is -0.322 e. The molecule has 10 heteroatoms. The molecule has 0 bridgehead atoms. The van der Waals surface area contributed by atoms with E-state index in [0.717, 1.165) is 56.6 Å². The summed E-state index contributed by atoms with van der Waals surface area (Å²) in [6.45, 7) is 10.4. The highest BCUT2D eigenvalue weighted by Crippen LogP contribution is 2.38. The van der Waals surface area contributed by atoms with E-state index in [0.29, 0.717) is 28.5 Å². The molecule has 2 aliphatic rings. The standard InChI is InChI=1S/C28H32F2N8/c1-17-15-37(10-9-36(17)4)16-18-5-6-23(31-13-18)33-27-32-14-21(30)25(35-27)19-11-20(29)26-22(12-19)38-24(34-26)7-8-28(38,2)3/h5-6,11-14,17H,7-10,15-16H2,1-4H3,(H,31,32,33,35). The number of halogens is 2. The van der Waals surface area contributed by atoms with E-state index in [1.807, 2.05) is 18.3 Å². The van der Waals surface area contributed by atoms with Gasteiger partial charge in [-0.1, -0.05) is 6.07 Å². The Morgan fingerprint density at radius 3 is 2.66 bits per heavy atom. The summed E-state index contributed by atoms with van der Waals surface area (Å²) in [6.07, 6.45) is 4.64. The Hall–Kier alpha value is -3.50. The molecule has 38 heavy (non-hydrogen) atoms. The minimum atomic E-state index is -0.626. The number of aromatic nitrogens is 5. The van der Waals surface area contributed by atoms with Crippen molar-refractivity contribution in [3.63, 3.8) is 0 Å². The van der Waals surface area contributed by atoms with Gasteiger partial charge in [-0.2, -0.15) is 0 Å². The van der Waals surface area contributed by atoms with Crippen LogP contribution in [0.3, 0.4) is 0 Å². The van der Waals surface area contributed by atoms with Crippen LogP contribution in [0.4, 0.5) is 20.5 Å². The number of imidazole rings is 1. The van der Waals surface area contributed by atoms with Crippen molar-refractivity contribution >= 4 is 22.8 Å². The van der Waals surface area contributed by atoms with E-state index in [2.05, 4.69) is 67.4 Å². The van der Waals surface area contributed by atoms with E-state index >= 15 is 4.39 Å². The first-order valence-corrected chi connectivity index (χ1v) is 13.1. The van der Waals surface area contributed by atoms with Gasteiger partial charge in [0.25, 0.3) is 0 Å². The second-order valence-corrected chi connectivity index (χ2v) is 11.1. The summed E-state index contributed by atoms with van der Waals surface area (Å²) >= 11 is 0. The highest BCUT2D eigenvalue weighted by atomic mass is 19.1. The van der Waals surface area contributed by atoms with Crippen LogP contribution in [0.2, 0.25) is 0 Å². The van der Waals surface area contributed by atoms with Gasteiger partial charge in [-0.3, -0.25) is 4.90 Å². The highest BCUT2D eigenvalue weighted by molar-refractivity contribution is 5.83. The zero-order chi connectivity index (χ0) is 26.6. The van der Waals surface area contributed by atoms with Crippen LogP contribution in [0.25, 0.3) is 22.3 Å². The number of hydrogen-bond donors (Lipinski definition) is 1. The lowest BCUT2D eigenvalue weighted by Gasteiger charge is -2.37. The molecule has 8 nitrogen and oxygen atoms in total. The fourth-order valence-corrected chi connectivity index (χ4v) is 5.56. The molecule has 3 aromatic heterocycles. The Morgan fingerprint density at radius 2 is 1.89 bits per heavy atom. The molecule has 0 saturated carbocycles. The number of hydrogen-bond acceptors (Lipinski definition) is 7. The largest absolute Gasteiger partial charge is 0.322 e. The number of nitrogens with zero attached hydrogens (tertiary/aromatic N) is 7. The average molecular weight is 519 g/mol. The summed E-state index contributed by atoms with van der Waals surface area (Å²) in [5, 5.41) is 3.05. The van der Waals surface area contributed by atoms with Gasteiger partial charge in [0.1, 0.15) is 22.9 Å². The minimum absolute atomic E-state index is 0.0236. The van der Waals surface area contributed by atoms with Gasteiger partial charge in [0.05, 0.1) is 11.7 Å². The van der Waals surface area contributed by atoms with E-state index in [-0.39, 0.29) is 17.2 Å². The molecule has 1 aromatic carbocycles. The topological polar surface area (TPSA) is 75.0 Å². The number of anilines is 2. The van der Waals surface area contributed by atoms with Crippen LogP contribution < -0.4 is 5.32 Å². The van der Waals surface area contributed by atoms with E-state index in [1.165, 1.54) is 6.07 Å². The summed E-state index contributed by atoms with van der Waals surface area (Å²) in [5.41, 5.74) is 2.25. The number of benzene rings is 1. The number of aryl methyl sites for hydroxylation is 1. The van der Waals surface area contributed by atoms with Crippen molar-refractivity contribution in [1.82, 2.24) is 34.3 Å². The zero-order valence-electron chi connectivity index (χ0n) is 22.2. The smallest absolute Gasteiger partial charge is 0.229 e. The van der Waals surface area contributed by atoms with Crippen molar-refractivity contribution in [2.45, 2.75) is 51.7 Å². The molecule has 1 fully saturated rings. The number of likely N-dealkylation sites (N-methyl/N-ethyl adjacent to an activating group) is 1. The molecule has 0 spiro atoms. The van der Waals surface area contributed by atoms with Crippen molar-refractivity contribution in [3.05, 3.63) is 59.7 Å². The maximum atomic E-state index is 15.1. The third-order valence-electron chi connectivity index (χ3n) is 7.88. The molecule has 0 aliphatic carbocycles. The first-order chi connectivity index (χ1) is 18.2. The zero-order valence-corrected chi connectivity index (χ0v) is 22.2. The average Bonchev–Trinajstić information content (AvgIpc) is 3.41. The van der Waals surface area contributed by atoms with Crippen LogP contribution in [0.5, 0.6) is 0 Å². The Morgan fingerprint density at radius 1 is 1.05 bits per heavy atom. The van der Waals surface area contributed by atoms with E-state index in [9.17, 15) is 4.39 Å². The third-order valence-corrected chi connectivity index (χ3v) is 7.88. The monoisotopic (exact) mass is 518 g/mol. The summed E-state index contributed by atoms with van der Waals surface area (Å²) in [5.74, 6) is 0.473. The number of piperazine rings is 1. The summed E-state index contributed by atoms with van der Waals surface area (Å²) in [4.78, 5) is 22.3. The maximum Gasteiger partial charge on any atom is 0.229 e. The second-order valence-electron chi connectivity index (χ2n) is 11.1. The van der Waals surface area contributed by atoms with Crippen LogP contribution in [0, 0.1) is 11.6 Å². The quantitative estimate of drug-likeness (QED) is 0.410. The maximum absolute atomic E-state index is 15.1. The third kappa shape index (κ3) is 4.52. The molecule has 1 saturated heterocycles. The molecular formula is C28H32F2N8. The number of nitrogens with one attached hydrogen (secondary N) is 1.